The van der Waals surface area contributed by atoms with E-state index in [0.29, 0.717) is 11.8 Å². The van der Waals surface area contributed by atoms with Crippen LogP contribution in [0.1, 0.15) is 41.5 Å². The molecule has 2 saturated heterocycles. The second-order valence-electron chi connectivity index (χ2n) is 7.39. The fraction of sp³-hybridized carbons (Fsp3) is 1.00. The number of hydrogen-bond acceptors (Lipinski definition) is 5. The molecule has 23 heavy (non-hydrogen) atoms. The highest BCUT2D eigenvalue weighted by Gasteiger charge is 2.45. The summed E-state index contributed by atoms with van der Waals surface area (Å²) in [7, 11) is 3.45. The molecule has 0 aromatic heterocycles. The Morgan fingerprint density at radius 1 is 0.565 bits per heavy atom. The molecule has 0 spiro atoms. The Bertz CT molecular complexity index is 376. The lowest BCUT2D eigenvalue weighted by Gasteiger charge is -2.48. The molecule has 2 aliphatic rings. The molecule has 0 radical (unpaired) electrons. The molecule has 0 aliphatic carbocycles. The summed E-state index contributed by atoms with van der Waals surface area (Å²) in [5.41, 5.74) is 0. The average molecular weight is 330 g/mol. The van der Waals surface area contributed by atoms with Gasteiger partial charge in [-0.05, 0) is 25.7 Å². The lowest BCUT2D eigenvalue weighted by atomic mass is 9.83. The molecule has 10 atom stereocenters. The molecule has 0 N–H and O–H groups in total. The van der Waals surface area contributed by atoms with Gasteiger partial charge in [0.1, 0.15) is 0 Å². The molecule has 5 heteroatoms. The summed E-state index contributed by atoms with van der Waals surface area (Å²) in [6.45, 7) is 12.9. The third-order valence-electron chi connectivity index (χ3n) is 5.97. The van der Waals surface area contributed by atoms with E-state index < -0.39 is 0 Å². The molecule has 2 aliphatic heterocycles. The minimum Gasteiger partial charge on any atom is -0.378 e. The van der Waals surface area contributed by atoms with Crippen LogP contribution in [-0.4, -0.2) is 51.2 Å². The van der Waals surface area contributed by atoms with Crippen LogP contribution in [0.2, 0.25) is 0 Å². The van der Waals surface area contributed by atoms with Crippen LogP contribution in [0.3, 0.4) is 0 Å². The predicted molar refractivity (Wildman–Crippen MR) is 88.0 cm³/mol. The highest BCUT2D eigenvalue weighted by molar-refractivity contribution is 4.88. The maximum absolute atomic E-state index is 6.41. The fourth-order valence-electron chi connectivity index (χ4n) is 4.00. The van der Waals surface area contributed by atoms with Gasteiger partial charge < -0.3 is 23.7 Å². The molecule has 0 amide bonds. The fourth-order valence-corrected chi connectivity index (χ4v) is 4.00. The quantitative estimate of drug-likeness (QED) is 0.793. The maximum Gasteiger partial charge on any atom is 0.161 e. The Labute approximate surface area is 140 Å². The molecule has 5 nitrogen and oxygen atoms in total. The van der Waals surface area contributed by atoms with Crippen molar-refractivity contribution < 1.29 is 23.7 Å². The van der Waals surface area contributed by atoms with E-state index >= 15 is 0 Å². The van der Waals surface area contributed by atoms with Gasteiger partial charge in [0.25, 0.3) is 0 Å². The van der Waals surface area contributed by atoms with Crippen molar-refractivity contribution in [3.05, 3.63) is 0 Å². The van der Waals surface area contributed by atoms with Crippen molar-refractivity contribution in [2.75, 3.05) is 14.2 Å². The van der Waals surface area contributed by atoms with Crippen molar-refractivity contribution in [3.63, 3.8) is 0 Å². The number of hydrogen-bond donors (Lipinski definition) is 0. The Morgan fingerprint density at radius 3 is 1.61 bits per heavy atom. The van der Waals surface area contributed by atoms with E-state index in [1.807, 2.05) is 0 Å². The highest BCUT2D eigenvalue weighted by atomic mass is 16.7. The normalized spacial score (nSPS) is 51.7. The summed E-state index contributed by atoms with van der Waals surface area (Å²) in [5, 5.41) is 0. The van der Waals surface area contributed by atoms with Crippen molar-refractivity contribution in [1.82, 2.24) is 0 Å². The van der Waals surface area contributed by atoms with Gasteiger partial charge in [-0.2, -0.15) is 0 Å². The lowest BCUT2D eigenvalue weighted by Crippen LogP contribution is -2.55. The van der Waals surface area contributed by atoms with E-state index in [0.717, 1.165) is 0 Å². The maximum atomic E-state index is 6.41. The summed E-state index contributed by atoms with van der Waals surface area (Å²) >= 11 is 0. The average Bonchev–Trinajstić information content (AvgIpc) is 2.52. The first-order valence-electron chi connectivity index (χ1n) is 8.83. The Balaban J connectivity index is 2.06. The third-order valence-corrected chi connectivity index (χ3v) is 5.97. The van der Waals surface area contributed by atoms with Gasteiger partial charge in [-0.15, -0.1) is 0 Å². The molecular formula is C18H34O5. The van der Waals surface area contributed by atoms with E-state index in [2.05, 4.69) is 41.5 Å². The van der Waals surface area contributed by atoms with E-state index in [-0.39, 0.29) is 48.8 Å². The van der Waals surface area contributed by atoms with Gasteiger partial charge in [0, 0.05) is 26.1 Å². The zero-order valence-electron chi connectivity index (χ0n) is 15.8. The van der Waals surface area contributed by atoms with Crippen LogP contribution < -0.4 is 0 Å². The SMILES string of the molecule is CO[C@H]1OC(C)[C@@H](O[C@@H]2OC(C)[C@H](OC)[C@H](C)C2C)C(C)C1C. The summed E-state index contributed by atoms with van der Waals surface area (Å²) in [5.74, 6) is 1.27. The topological polar surface area (TPSA) is 46.2 Å². The van der Waals surface area contributed by atoms with Gasteiger partial charge in [-0.3, -0.25) is 0 Å². The summed E-state index contributed by atoms with van der Waals surface area (Å²) in [6.07, 6.45) is -0.277. The van der Waals surface area contributed by atoms with Gasteiger partial charge in [0.05, 0.1) is 24.4 Å². The molecule has 2 rings (SSSR count). The zero-order chi connectivity index (χ0) is 17.3. The smallest absolute Gasteiger partial charge is 0.161 e. The molecule has 5 unspecified atom stereocenters. The standard InChI is InChI=1S/C18H34O5/c1-9-12(4)18(22-13(5)15(9)19-7)23-16-10(2)11(3)17(20-8)21-14(16)6/h9-18H,1-8H3/t9-,10?,11?,12?,13?,14?,15-,16+,17+,18+/m1/s1. The largest absolute Gasteiger partial charge is 0.378 e. The first-order chi connectivity index (χ1) is 10.8. The molecule has 0 aromatic carbocycles. The molecular weight excluding hydrogens is 296 g/mol. The molecule has 0 saturated carbocycles. The predicted octanol–water partition coefficient (Wildman–Crippen LogP) is 3.07. The second kappa shape index (κ2) is 7.79. The molecule has 2 fully saturated rings. The van der Waals surface area contributed by atoms with E-state index in [1.165, 1.54) is 0 Å². The first-order valence-corrected chi connectivity index (χ1v) is 8.83. The van der Waals surface area contributed by atoms with Crippen LogP contribution in [-0.2, 0) is 23.7 Å². The molecule has 136 valence electrons. The van der Waals surface area contributed by atoms with E-state index in [4.69, 9.17) is 23.7 Å². The minimum atomic E-state index is -0.226. The Hall–Kier alpha value is -0.200. The third kappa shape index (κ3) is 3.74. The van der Waals surface area contributed by atoms with E-state index in [1.54, 1.807) is 14.2 Å². The first kappa shape index (κ1) is 19.1. The van der Waals surface area contributed by atoms with Crippen molar-refractivity contribution in [2.24, 2.45) is 23.7 Å². The highest BCUT2D eigenvalue weighted by Crippen LogP contribution is 2.38. The lowest BCUT2D eigenvalue weighted by molar-refractivity contribution is -0.322. The number of rotatable bonds is 4. The van der Waals surface area contributed by atoms with Crippen molar-refractivity contribution in [3.8, 4) is 0 Å². The Kier molecular flexibility index (Phi) is 6.48. The van der Waals surface area contributed by atoms with Crippen LogP contribution in [0.15, 0.2) is 0 Å². The van der Waals surface area contributed by atoms with Crippen molar-refractivity contribution >= 4 is 0 Å². The number of ether oxygens (including phenoxy) is 5. The zero-order valence-corrected chi connectivity index (χ0v) is 15.8. The van der Waals surface area contributed by atoms with Crippen LogP contribution >= 0.6 is 0 Å². The molecule has 0 bridgehead atoms. The second-order valence-corrected chi connectivity index (χ2v) is 7.39. The van der Waals surface area contributed by atoms with Gasteiger partial charge >= 0.3 is 0 Å². The van der Waals surface area contributed by atoms with Crippen LogP contribution in [0, 0.1) is 23.7 Å². The van der Waals surface area contributed by atoms with Crippen molar-refractivity contribution in [2.45, 2.75) is 78.5 Å². The molecule has 2 heterocycles. The Morgan fingerprint density at radius 2 is 1.04 bits per heavy atom. The number of methoxy groups -OCH3 is 2. The monoisotopic (exact) mass is 330 g/mol. The summed E-state index contributed by atoms with van der Waals surface area (Å²) < 4.78 is 29.5. The van der Waals surface area contributed by atoms with Gasteiger partial charge in [-0.25, -0.2) is 0 Å². The van der Waals surface area contributed by atoms with Gasteiger partial charge in [0.2, 0.25) is 0 Å². The van der Waals surface area contributed by atoms with Gasteiger partial charge in [-0.1, -0.05) is 27.7 Å². The van der Waals surface area contributed by atoms with Gasteiger partial charge in [0.15, 0.2) is 12.6 Å². The summed E-state index contributed by atoms with van der Waals surface area (Å²) in [6, 6.07) is 0. The molecule has 0 aromatic rings. The summed E-state index contributed by atoms with van der Waals surface area (Å²) in [4.78, 5) is 0. The van der Waals surface area contributed by atoms with Crippen LogP contribution in [0.4, 0.5) is 0 Å². The van der Waals surface area contributed by atoms with Crippen molar-refractivity contribution in [1.29, 1.82) is 0 Å². The van der Waals surface area contributed by atoms with Crippen LogP contribution in [0.5, 0.6) is 0 Å². The van der Waals surface area contributed by atoms with Crippen LogP contribution in [0.25, 0.3) is 0 Å². The minimum absolute atomic E-state index is 0.00217. The van der Waals surface area contributed by atoms with E-state index in [9.17, 15) is 0 Å².